The van der Waals surface area contributed by atoms with Gasteiger partial charge in [-0.3, -0.25) is 4.79 Å². The van der Waals surface area contributed by atoms with Crippen LogP contribution in [0.25, 0.3) is 0 Å². The van der Waals surface area contributed by atoms with Gasteiger partial charge in [0, 0.05) is 11.5 Å². The van der Waals surface area contributed by atoms with E-state index in [1.165, 1.54) is 38.1 Å². The Morgan fingerprint density at radius 1 is 0.763 bits per heavy atom. The van der Waals surface area contributed by atoms with E-state index in [2.05, 4.69) is 0 Å². The molecular weight excluding hydrogens is 796 g/mol. The number of phenolic OH excluding ortho intramolecular Hbond substituents is 2. The van der Waals surface area contributed by atoms with Crippen molar-refractivity contribution in [2.75, 3.05) is 26.9 Å². The van der Waals surface area contributed by atoms with Crippen molar-refractivity contribution in [1.82, 2.24) is 0 Å². The lowest BCUT2D eigenvalue weighted by atomic mass is 9.86. The molecule has 332 valence electrons. The zero-order chi connectivity index (χ0) is 43.3. The van der Waals surface area contributed by atoms with Crippen LogP contribution >= 0.6 is 0 Å². The number of rotatable bonds is 14. The molecule has 0 unspecified atom stereocenters. The summed E-state index contributed by atoms with van der Waals surface area (Å²) in [7, 11) is 1.07. The number of aliphatic hydroxyl groups excluding tert-OH is 9. The maximum atomic E-state index is 14.1. The topological polar surface area (TPSA) is 340 Å². The quantitative estimate of drug-likeness (QED) is 0.0483. The van der Waals surface area contributed by atoms with Crippen molar-refractivity contribution in [2.24, 2.45) is 5.92 Å². The first-order chi connectivity index (χ1) is 28.0. The van der Waals surface area contributed by atoms with Gasteiger partial charge >= 0.3 is 11.9 Å². The smallest absolute Gasteiger partial charge is 0.337 e. The molecule has 22 nitrogen and oxygen atoms in total. The van der Waals surface area contributed by atoms with Crippen molar-refractivity contribution in [2.45, 2.75) is 125 Å². The molecule has 0 radical (unpaired) electrons. The number of aliphatic hydroxyl groups is 9. The van der Waals surface area contributed by atoms with Gasteiger partial charge in [0.2, 0.25) is 6.29 Å². The Labute approximate surface area is 336 Å². The largest absolute Gasteiger partial charge is 0.504 e. The molecule has 0 saturated carbocycles. The van der Waals surface area contributed by atoms with Gasteiger partial charge < -0.3 is 98.8 Å². The number of esters is 2. The third-order valence-corrected chi connectivity index (χ3v) is 10.5. The number of methoxy groups -OCH3 is 1. The summed E-state index contributed by atoms with van der Waals surface area (Å²) < 4.78 is 50.9. The summed E-state index contributed by atoms with van der Waals surface area (Å²) in [6.07, 6.45) is -24.4. The van der Waals surface area contributed by atoms with E-state index in [0.29, 0.717) is 5.56 Å². The minimum absolute atomic E-state index is 0.0834. The van der Waals surface area contributed by atoms with Crippen LogP contribution in [0.2, 0.25) is 0 Å². The highest BCUT2D eigenvalue weighted by Gasteiger charge is 2.53. The molecule has 3 saturated heterocycles. The van der Waals surface area contributed by atoms with Gasteiger partial charge in [-0.05, 0) is 38.0 Å². The second kappa shape index (κ2) is 20.3. The summed E-state index contributed by atoms with van der Waals surface area (Å²) in [6, 6.07) is 4.03. The van der Waals surface area contributed by atoms with Crippen LogP contribution in [0.4, 0.5) is 0 Å². The van der Waals surface area contributed by atoms with Crippen molar-refractivity contribution in [3.05, 3.63) is 47.2 Å². The second-order valence-electron chi connectivity index (χ2n) is 14.3. The third-order valence-electron chi connectivity index (χ3n) is 10.5. The zero-order valence-corrected chi connectivity index (χ0v) is 32.1. The molecule has 4 heterocycles. The molecular formula is C37H52O22. The maximum absolute atomic E-state index is 14.1. The molecule has 5 rings (SSSR count). The van der Waals surface area contributed by atoms with Gasteiger partial charge in [0.1, 0.15) is 61.0 Å². The van der Waals surface area contributed by atoms with Crippen molar-refractivity contribution in [1.29, 1.82) is 0 Å². The molecule has 0 aromatic heterocycles. The summed E-state index contributed by atoms with van der Waals surface area (Å²) in [5, 5.41) is 113. The molecule has 3 fully saturated rings. The van der Waals surface area contributed by atoms with Crippen LogP contribution in [0.5, 0.6) is 11.5 Å². The number of aromatic hydroxyl groups is 2. The maximum Gasteiger partial charge on any atom is 0.337 e. The second-order valence-corrected chi connectivity index (χ2v) is 14.3. The first-order valence-corrected chi connectivity index (χ1v) is 18.7. The summed E-state index contributed by atoms with van der Waals surface area (Å²) >= 11 is 0. The number of carbonyl (C=O) groups excluding carboxylic acids is 2. The number of carbonyl (C=O) groups is 2. The molecule has 0 amide bonds. The molecule has 0 spiro atoms. The Hall–Kier alpha value is -3.56. The Morgan fingerprint density at radius 2 is 1.39 bits per heavy atom. The summed E-state index contributed by atoms with van der Waals surface area (Å²) in [6.45, 7) is 1.11. The van der Waals surface area contributed by atoms with Gasteiger partial charge in [-0.1, -0.05) is 12.1 Å². The van der Waals surface area contributed by atoms with Crippen LogP contribution in [0.3, 0.4) is 0 Å². The van der Waals surface area contributed by atoms with Crippen LogP contribution in [0.15, 0.2) is 41.7 Å². The number of hydrogen-bond acceptors (Lipinski definition) is 22. The highest BCUT2D eigenvalue weighted by molar-refractivity contribution is 5.90. The van der Waals surface area contributed by atoms with Crippen molar-refractivity contribution >= 4 is 11.9 Å². The first-order valence-electron chi connectivity index (χ1n) is 18.7. The Kier molecular flexibility index (Phi) is 16.0. The van der Waals surface area contributed by atoms with E-state index in [-0.39, 0.29) is 29.9 Å². The third kappa shape index (κ3) is 10.3. The van der Waals surface area contributed by atoms with Crippen molar-refractivity contribution in [3.8, 4) is 11.5 Å². The predicted molar refractivity (Wildman–Crippen MR) is 190 cm³/mol. The standard InChI is InChI=1S/C37H52O22/c1-4-16-17(18(33(50)51-3)13-53-34(16)59-36-30(49)28(47)25(44)21(11-38)55-36)10-23(42)57-32-31(58-35-29(48)27(46)24(43)14(2)54-35)26(45)22(12-39)56-37(32)52-8-7-15-5-6-19(40)20(41)9-15/h4-6,9,13-14,17,21-22,24-32,34-41,43-49H,7-8,10-12H2,1-3H3/b16-4+/t14-,17-,21+,22+,24-,25+,26+,27+,28-,29+,30+,31-,32+,34-,35-,36-,37+/m0/s1. The highest BCUT2D eigenvalue weighted by atomic mass is 16.8. The minimum Gasteiger partial charge on any atom is -0.504 e. The first kappa shape index (κ1) is 46.5. The monoisotopic (exact) mass is 848 g/mol. The van der Waals surface area contributed by atoms with Crippen LogP contribution in [-0.4, -0.2) is 193 Å². The highest BCUT2D eigenvalue weighted by Crippen LogP contribution is 2.38. The summed E-state index contributed by atoms with van der Waals surface area (Å²) in [5.41, 5.74) is 0.377. The number of phenols is 2. The number of allylic oxidation sites excluding steroid dienone is 1. The molecule has 22 heteroatoms. The van der Waals surface area contributed by atoms with E-state index in [1.807, 2.05) is 0 Å². The average molecular weight is 849 g/mol. The van der Waals surface area contributed by atoms with Gasteiger partial charge in [-0.2, -0.15) is 0 Å². The Balaban J connectivity index is 1.42. The lowest BCUT2D eigenvalue weighted by Crippen LogP contribution is -2.65. The zero-order valence-electron chi connectivity index (χ0n) is 32.1. The molecule has 11 N–H and O–H groups in total. The predicted octanol–water partition coefficient (Wildman–Crippen LogP) is -3.96. The Bertz CT molecular complexity index is 1640. The normalized spacial score (nSPS) is 39.6. The molecule has 1 aromatic carbocycles. The fraction of sp³-hybridized carbons (Fsp3) is 0.676. The van der Waals surface area contributed by atoms with E-state index in [9.17, 15) is 65.8 Å². The fourth-order valence-corrected chi connectivity index (χ4v) is 7.05. The van der Waals surface area contributed by atoms with Gasteiger partial charge in [0.15, 0.2) is 36.5 Å². The molecule has 0 bridgehead atoms. The van der Waals surface area contributed by atoms with Gasteiger partial charge in [0.25, 0.3) is 0 Å². The van der Waals surface area contributed by atoms with E-state index >= 15 is 0 Å². The molecule has 4 aliphatic heterocycles. The Morgan fingerprint density at radius 3 is 2.02 bits per heavy atom. The lowest BCUT2D eigenvalue weighted by Gasteiger charge is -2.46. The van der Waals surface area contributed by atoms with Crippen LogP contribution in [0, 0.1) is 5.92 Å². The fourth-order valence-electron chi connectivity index (χ4n) is 7.05. The molecule has 0 aliphatic carbocycles. The van der Waals surface area contributed by atoms with E-state index in [4.69, 9.17) is 42.6 Å². The average Bonchev–Trinajstić information content (AvgIpc) is 3.22. The molecule has 4 aliphatic rings. The molecule has 1 aromatic rings. The minimum atomic E-state index is -1.88. The van der Waals surface area contributed by atoms with Crippen LogP contribution < -0.4 is 0 Å². The van der Waals surface area contributed by atoms with Crippen LogP contribution in [0.1, 0.15) is 25.8 Å². The van der Waals surface area contributed by atoms with Gasteiger partial charge in [-0.15, -0.1) is 0 Å². The summed E-state index contributed by atoms with van der Waals surface area (Å²) in [4.78, 5) is 27.0. The number of hydrogen-bond donors (Lipinski definition) is 11. The van der Waals surface area contributed by atoms with Crippen LogP contribution in [-0.2, 0) is 58.6 Å². The van der Waals surface area contributed by atoms with E-state index in [1.54, 1.807) is 0 Å². The molecule has 59 heavy (non-hydrogen) atoms. The van der Waals surface area contributed by atoms with Crippen molar-refractivity contribution in [3.63, 3.8) is 0 Å². The number of ether oxygens (including phenoxy) is 9. The van der Waals surface area contributed by atoms with E-state index in [0.717, 1.165) is 13.4 Å². The van der Waals surface area contributed by atoms with E-state index < -0.39 is 142 Å². The van der Waals surface area contributed by atoms with Crippen molar-refractivity contribution < 1.29 is 108 Å². The SMILES string of the molecule is C/C=C1/[C@H](O[C@@H]2O[C@H](CO)[C@@H](O)[C@H](O)[C@H]2O)OC=C(C(=O)OC)[C@H]1CC(=O)O[C@H]1[C@H](OCCc2ccc(O)c(O)c2)O[C@H](CO)[C@@H](O)[C@@H]1O[C@@H]1O[C@@H](C)[C@H](O)[C@@H](O)[C@H]1O. The summed E-state index contributed by atoms with van der Waals surface area (Å²) in [5.74, 6) is -4.04. The molecule has 17 atom stereocenters. The van der Waals surface area contributed by atoms with Gasteiger partial charge in [-0.25, -0.2) is 4.79 Å². The number of benzene rings is 1. The lowest BCUT2D eigenvalue weighted by molar-refractivity contribution is -0.358. The van der Waals surface area contributed by atoms with Gasteiger partial charge in [0.05, 0.1) is 51.3 Å².